The molecule has 1 saturated carbocycles. The van der Waals surface area contributed by atoms with E-state index in [-0.39, 0.29) is 5.82 Å². The third kappa shape index (κ3) is 4.97. The number of benzene rings is 1. The van der Waals surface area contributed by atoms with Gasteiger partial charge in [0.1, 0.15) is 5.82 Å². The smallest absolute Gasteiger partial charge is 0.328 e. The van der Waals surface area contributed by atoms with Gasteiger partial charge in [-0.2, -0.15) is 0 Å². The number of carbonyl (C=O) groups is 1. The normalized spacial score (nSPS) is 15.0. The van der Waals surface area contributed by atoms with Crippen molar-refractivity contribution < 1.29 is 14.3 Å². The summed E-state index contributed by atoms with van der Waals surface area (Å²) >= 11 is 0. The third-order valence-electron chi connectivity index (χ3n) is 3.71. The highest BCUT2D eigenvalue weighted by Gasteiger charge is 2.28. The lowest BCUT2D eigenvalue weighted by molar-refractivity contribution is -0.131. The zero-order valence-electron chi connectivity index (χ0n) is 12.4. The summed E-state index contributed by atoms with van der Waals surface area (Å²) in [5, 5.41) is 8.64. The van der Waals surface area contributed by atoms with Crippen LogP contribution in [0, 0.1) is 5.82 Å². The molecule has 0 aliphatic heterocycles. The minimum atomic E-state index is -1.07. The summed E-state index contributed by atoms with van der Waals surface area (Å²) in [5.41, 5.74) is 1.37. The Kier molecular flexibility index (Phi) is 5.51. The van der Waals surface area contributed by atoms with Crippen molar-refractivity contribution >= 4 is 12.0 Å². The van der Waals surface area contributed by atoms with Crippen LogP contribution < -0.4 is 0 Å². The molecule has 0 atom stereocenters. The summed E-state index contributed by atoms with van der Waals surface area (Å²) in [4.78, 5) is 13.0. The first-order valence-electron chi connectivity index (χ1n) is 7.53. The molecule has 114 valence electrons. The molecule has 4 heteroatoms. The number of hydrogen-bond acceptors (Lipinski definition) is 2. The Morgan fingerprint density at radius 1 is 1.48 bits per heavy atom. The molecule has 0 saturated heterocycles. The van der Waals surface area contributed by atoms with Crippen LogP contribution in [0.3, 0.4) is 0 Å². The number of carboxylic acid groups (broad SMARTS) is 1. The summed E-state index contributed by atoms with van der Waals surface area (Å²) in [6.07, 6.45) is 7.11. The van der Waals surface area contributed by atoms with E-state index in [0.717, 1.165) is 24.7 Å². The van der Waals surface area contributed by atoms with Crippen molar-refractivity contribution in [2.45, 2.75) is 45.2 Å². The van der Waals surface area contributed by atoms with Gasteiger partial charge in [0.25, 0.3) is 0 Å². The van der Waals surface area contributed by atoms with Crippen molar-refractivity contribution in [2.24, 2.45) is 0 Å². The van der Waals surface area contributed by atoms with E-state index in [4.69, 9.17) is 5.11 Å². The van der Waals surface area contributed by atoms with Crippen LogP contribution in [0.25, 0.3) is 6.08 Å². The Morgan fingerprint density at radius 2 is 2.24 bits per heavy atom. The van der Waals surface area contributed by atoms with Crippen molar-refractivity contribution in [3.63, 3.8) is 0 Å². The molecule has 0 amide bonds. The van der Waals surface area contributed by atoms with Crippen molar-refractivity contribution in [1.29, 1.82) is 0 Å². The number of carboxylic acids is 1. The minimum absolute atomic E-state index is 0.334. The molecule has 1 aromatic carbocycles. The van der Waals surface area contributed by atoms with Gasteiger partial charge in [0, 0.05) is 24.2 Å². The number of hydrogen-bond donors (Lipinski definition) is 1. The van der Waals surface area contributed by atoms with E-state index in [9.17, 15) is 9.18 Å². The SMILES string of the molecule is CCCCN(Cc1ccc(F)c(C=CC(=O)O)c1)C1CC1. The fourth-order valence-corrected chi connectivity index (χ4v) is 2.41. The van der Waals surface area contributed by atoms with E-state index in [2.05, 4.69) is 11.8 Å². The van der Waals surface area contributed by atoms with Gasteiger partial charge in [-0.25, -0.2) is 9.18 Å². The second-order valence-electron chi connectivity index (χ2n) is 5.58. The lowest BCUT2D eigenvalue weighted by Crippen LogP contribution is -2.26. The molecular formula is C17H22FNO2. The first kappa shape index (κ1) is 15.7. The van der Waals surface area contributed by atoms with Crippen molar-refractivity contribution in [1.82, 2.24) is 4.90 Å². The van der Waals surface area contributed by atoms with Crippen LogP contribution in [0.1, 0.15) is 43.7 Å². The Hall–Kier alpha value is -1.68. The highest BCUT2D eigenvalue weighted by molar-refractivity contribution is 5.85. The number of rotatable bonds is 8. The largest absolute Gasteiger partial charge is 0.478 e. The number of halogens is 1. The Labute approximate surface area is 125 Å². The van der Waals surface area contributed by atoms with Gasteiger partial charge in [-0.05, 0) is 49.6 Å². The zero-order chi connectivity index (χ0) is 15.2. The lowest BCUT2D eigenvalue weighted by Gasteiger charge is -2.22. The minimum Gasteiger partial charge on any atom is -0.478 e. The Bertz CT molecular complexity index is 524. The fraction of sp³-hybridized carbons (Fsp3) is 0.471. The highest BCUT2D eigenvalue weighted by Crippen LogP contribution is 2.29. The summed E-state index contributed by atoms with van der Waals surface area (Å²) in [5.74, 6) is -1.45. The van der Waals surface area contributed by atoms with Gasteiger partial charge < -0.3 is 5.11 Å². The van der Waals surface area contributed by atoms with E-state index in [1.165, 1.54) is 37.8 Å². The molecule has 3 nitrogen and oxygen atoms in total. The second-order valence-corrected chi connectivity index (χ2v) is 5.58. The van der Waals surface area contributed by atoms with Gasteiger partial charge in [0.2, 0.25) is 0 Å². The average molecular weight is 291 g/mol. The van der Waals surface area contributed by atoms with Crippen LogP contribution >= 0.6 is 0 Å². The van der Waals surface area contributed by atoms with Crippen LogP contribution in [0.5, 0.6) is 0 Å². The topological polar surface area (TPSA) is 40.5 Å². The molecule has 1 aliphatic rings. The number of nitrogens with zero attached hydrogens (tertiary/aromatic N) is 1. The summed E-state index contributed by atoms with van der Waals surface area (Å²) < 4.78 is 13.7. The lowest BCUT2D eigenvalue weighted by atomic mass is 10.1. The first-order valence-corrected chi connectivity index (χ1v) is 7.53. The molecule has 21 heavy (non-hydrogen) atoms. The molecule has 1 fully saturated rings. The van der Waals surface area contributed by atoms with Crippen LogP contribution in [-0.4, -0.2) is 28.6 Å². The monoisotopic (exact) mass is 291 g/mol. The molecule has 1 aliphatic carbocycles. The fourth-order valence-electron chi connectivity index (χ4n) is 2.41. The van der Waals surface area contributed by atoms with E-state index in [1.54, 1.807) is 12.1 Å². The number of unbranched alkanes of at least 4 members (excludes halogenated alkanes) is 1. The van der Waals surface area contributed by atoms with Gasteiger partial charge in [0.05, 0.1) is 0 Å². The van der Waals surface area contributed by atoms with E-state index in [0.29, 0.717) is 11.6 Å². The molecular weight excluding hydrogens is 269 g/mol. The predicted octanol–water partition coefficient (Wildman–Crippen LogP) is 3.69. The Balaban J connectivity index is 2.08. The van der Waals surface area contributed by atoms with Gasteiger partial charge >= 0.3 is 5.97 Å². The van der Waals surface area contributed by atoms with E-state index >= 15 is 0 Å². The van der Waals surface area contributed by atoms with Crippen LogP contribution in [-0.2, 0) is 11.3 Å². The first-order chi connectivity index (χ1) is 10.1. The maximum atomic E-state index is 13.7. The molecule has 0 bridgehead atoms. The van der Waals surface area contributed by atoms with Crippen molar-refractivity contribution in [3.05, 3.63) is 41.2 Å². The van der Waals surface area contributed by atoms with E-state index in [1.807, 2.05) is 0 Å². The molecule has 0 aromatic heterocycles. The van der Waals surface area contributed by atoms with Crippen LogP contribution in [0.2, 0.25) is 0 Å². The van der Waals surface area contributed by atoms with Gasteiger partial charge in [-0.1, -0.05) is 19.4 Å². The van der Waals surface area contributed by atoms with Crippen LogP contribution in [0.15, 0.2) is 24.3 Å². The standard InChI is InChI=1S/C17H22FNO2/c1-2-3-10-19(15-6-7-15)12-13-4-8-16(18)14(11-13)5-9-17(20)21/h4-5,8-9,11,15H,2-3,6-7,10,12H2,1H3,(H,20,21). The molecule has 1 N–H and O–H groups in total. The van der Waals surface area contributed by atoms with Gasteiger partial charge in [0.15, 0.2) is 0 Å². The third-order valence-corrected chi connectivity index (χ3v) is 3.71. The van der Waals surface area contributed by atoms with Gasteiger partial charge in [-0.3, -0.25) is 4.90 Å². The summed E-state index contributed by atoms with van der Waals surface area (Å²) in [7, 11) is 0. The summed E-state index contributed by atoms with van der Waals surface area (Å²) in [6, 6.07) is 5.62. The van der Waals surface area contributed by atoms with Crippen molar-refractivity contribution in [2.75, 3.05) is 6.54 Å². The highest BCUT2D eigenvalue weighted by atomic mass is 19.1. The molecule has 1 aromatic rings. The molecule has 0 heterocycles. The maximum absolute atomic E-state index is 13.7. The average Bonchev–Trinajstić information content (AvgIpc) is 3.28. The molecule has 0 unspecified atom stereocenters. The number of aliphatic carboxylic acids is 1. The second kappa shape index (κ2) is 7.36. The van der Waals surface area contributed by atoms with Crippen LogP contribution in [0.4, 0.5) is 4.39 Å². The zero-order valence-corrected chi connectivity index (χ0v) is 12.4. The predicted molar refractivity (Wildman–Crippen MR) is 81.4 cm³/mol. The Morgan fingerprint density at radius 3 is 2.86 bits per heavy atom. The van der Waals surface area contributed by atoms with Crippen molar-refractivity contribution in [3.8, 4) is 0 Å². The quantitative estimate of drug-likeness (QED) is 0.743. The summed E-state index contributed by atoms with van der Waals surface area (Å²) in [6.45, 7) is 4.05. The van der Waals surface area contributed by atoms with E-state index < -0.39 is 5.97 Å². The molecule has 2 rings (SSSR count). The van der Waals surface area contributed by atoms with Gasteiger partial charge in [-0.15, -0.1) is 0 Å². The maximum Gasteiger partial charge on any atom is 0.328 e. The molecule has 0 radical (unpaired) electrons. The molecule has 0 spiro atoms.